The van der Waals surface area contributed by atoms with E-state index in [-0.39, 0.29) is 17.8 Å². The van der Waals surface area contributed by atoms with Gasteiger partial charge in [0.05, 0.1) is 6.04 Å². The largest absolute Gasteiger partial charge is 0.341 e. The van der Waals surface area contributed by atoms with Gasteiger partial charge < -0.3 is 4.90 Å². The molecule has 1 aliphatic carbocycles. The van der Waals surface area contributed by atoms with Gasteiger partial charge in [0, 0.05) is 7.05 Å². The maximum absolute atomic E-state index is 12.2. The average Bonchev–Trinajstić information content (AvgIpc) is 3.03. The third-order valence-electron chi connectivity index (χ3n) is 3.59. The number of H-pyrrole nitrogens is 2. The van der Waals surface area contributed by atoms with E-state index in [1.807, 2.05) is 18.2 Å². The van der Waals surface area contributed by atoms with Crippen molar-refractivity contribution in [1.82, 2.24) is 20.1 Å². The van der Waals surface area contributed by atoms with Crippen molar-refractivity contribution in [1.29, 1.82) is 0 Å². The number of aromatic amines is 2. The van der Waals surface area contributed by atoms with E-state index in [9.17, 15) is 9.59 Å². The molecular weight excluding hydrogens is 244 g/mol. The molecule has 0 saturated carbocycles. The van der Waals surface area contributed by atoms with E-state index >= 15 is 0 Å². The van der Waals surface area contributed by atoms with Crippen LogP contribution in [0.2, 0.25) is 0 Å². The fraction of sp³-hybridized carbons (Fsp3) is 0.308. The molecule has 0 unspecified atom stereocenters. The number of nitrogens with zero attached hydrogens (tertiary/aromatic N) is 2. The third kappa shape index (κ3) is 1.95. The van der Waals surface area contributed by atoms with Crippen molar-refractivity contribution in [3.05, 3.63) is 51.7 Å². The molecule has 19 heavy (non-hydrogen) atoms. The second-order valence-electron chi connectivity index (χ2n) is 4.70. The van der Waals surface area contributed by atoms with Gasteiger partial charge in [-0.1, -0.05) is 24.3 Å². The molecule has 0 saturated heterocycles. The number of carbonyl (C=O) groups is 1. The molecule has 0 bridgehead atoms. The summed E-state index contributed by atoms with van der Waals surface area (Å²) in [7, 11) is 1.74. The summed E-state index contributed by atoms with van der Waals surface area (Å²) in [5.74, 6) is -0.225. The van der Waals surface area contributed by atoms with Crippen LogP contribution in [0.3, 0.4) is 0 Å². The van der Waals surface area contributed by atoms with Crippen LogP contribution in [0, 0.1) is 0 Å². The lowest BCUT2D eigenvalue weighted by Gasteiger charge is -2.24. The predicted octanol–water partition coefficient (Wildman–Crippen LogP) is 0.858. The van der Waals surface area contributed by atoms with E-state index in [0.29, 0.717) is 0 Å². The van der Waals surface area contributed by atoms with E-state index in [4.69, 9.17) is 0 Å². The van der Waals surface area contributed by atoms with Gasteiger partial charge in [-0.3, -0.25) is 9.78 Å². The van der Waals surface area contributed by atoms with Gasteiger partial charge in [-0.05, 0) is 24.0 Å². The zero-order valence-electron chi connectivity index (χ0n) is 10.5. The van der Waals surface area contributed by atoms with E-state index in [2.05, 4.69) is 21.2 Å². The Morgan fingerprint density at radius 2 is 2.21 bits per heavy atom. The molecule has 1 amide bonds. The topological polar surface area (TPSA) is 81.8 Å². The first-order chi connectivity index (χ1) is 9.16. The molecular formula is C13H14N4O2. The van der Waals surface area contributed by atoms with Gasteiger partial charge in [0.15, 0.2) is 0 Å². The van der Waals surface area contributed by atoms with Crippen LogP contribution in [-0.4, -0.2) is 33.0 Å². The number of aryl methyl sites for hydroxylation is 1. The standard InChI is InChI=1S/C13H14N4O2/c1-17(12(18)11-14-13(19)16-15-11)10-7-6-8-4-2-3-5-9(8)10/h2-5,10H,6-7H2,1H3,(H2,14,15,16,19)/t10-/m1/s1. The maximum atomic E-state index is 12.2. The number of carbonyl (C=O) groups excluding carboxylic acids is 1. The molecule has 6 heteroatoms. The number of fused-ring (bicyclic) bond motifs is 1. The molecule has 0 fully saturated rings. The molecule has 98 valence electrons. The monoisotopic (exact) mass is 258 g/mol. The quantitative estimate of drug-likeness (QED) is 0.838. The summed E-state index contributed by atoms with van der Waals surface area (Å²) in [6, 6.07) is 8.16. The molecule has 1 aromatic carbocycles. The molecule has 6 nitrogen and oxygen atoms in total. The fourth-order valence-electron chi connectivity index (χ4n) is 2.62. The molecule has 0 aliphatic heterocycles. The van der Waals surface area contributed by atoms with Gasteiger partial charge in [-0.15, -0.1) is 5.10 Å². The summed E-state index contributed by atoms with van der Waals surface area (Å²) >= 11 is 0. The first-order valence-corrected chi connectivity index (χ1v) is 6.16. The van der Waals surface area contributed by atoms with Crippen LogP contribution in [-0.2, 0) is 6.42 Å². The van der Waals surface area contributed by atoms with Crippen LogP contribution in [0.4, 0.5) is 0 Å². The van der Waals surface area contributed by atoms with Crippen LogP contribution in [0.1, 0.15) is 34.2 Å². The Kier molecular flexibility index (Phi) is 2.70. The average molecular weight is 258 g/mol. The van der Waals surface area contributed by atoms with E-state index in [1.165, 1.54) is 11.1 Å². The van der Waals surface area contributed by atoms with Crippen molar-refractivity contribution in [2.45, 2.75) is 18.9 Å². The summed E-state index contributed by atoms with van der Waals surface area (Å²) in [6.45, 7) is 0. The Morgan fingerprint density at radius 3 is 2.95 bits per heavy atom. The SMILES string of the molecule is CN(C(=O)c1n[nH]c(=O)[nH]1)[C@@H]1CCc2ccccc21. The smallest absolute Gasteiger partial charge is 0.332 e. The number of benzene rings is 1. The van der Waals surface area contributed by atoms with Gasteiger partial charge >= 0.3 is 5.69 Å². The van der Waals surface area contributed by atoms with Gasteiger partial charge in [-0.25, -0.2) is 9.89 Å². The summed E-state index contributed by atoms with van der Waals surface area (Å²) in [5, 5.41) is 5.89. The molecule has 3 rings (SSSR count). The molecule has 0 spiro atoms. The molecule has 1 aliphatic rings. The Morgan fingerprint density at radius 1 is 1.42 bits per heavy atom. The van der Waals surface area contributed by atoms with Gasteiger partial charge in [-0.2, -0.15) is 0 Å². The summed E-state index contributed by atoms with van der Waals surface area (Å²) in [6.07, 6.45) is 1.87. The molecule has 1 aromatic heterocycles. The normalized spacial score (nSPS) is 17.2. The Labute approximate surface area is 109 Å². The van der Waals surface area contributed by atoms with Crippen molar-refractivity contribution in [3.63, 3.8) is 0 Å². The first-order valence-electron chi connectivity index (χ1n) is 6.16. The lowest BCUT2D eigenvalue weighted by Crippen LogP contribution is -2.31. The number of rotatable bonds is 2. The fourth-order valence-corrected chi connectivity index (χ4v) is 2.62. The minimum atomic E-state index is -0.469. The highest BCUT2D eigenvalue weighted by Crippen LogP contribution is 2.35. The second-order valence-corrected chi connectivity index (χ2v) is 4.70. The highest BCUT2D eigenvalue weighted by atomic mass is 16.2. The molecule has 2 aromatic rings. The number of amides is 1. The minimum Gasteiger partial charge on any atom is -0.332 e. The van der Waals surface area contributed by atoms with Crippen molar-refractivity contribution >= 4 is 5.91 Å². The Hall–Kier alpha value is -2.37. The van der Waals surface area contributed by atoms with Crippen molar-refractivity contribution in [2.75, 3.05) is 7.05 Å². The highest BCUT2D eigenvalue weighted by molar-refractivity contribution is 5.90. The number of hydrogen-bond donors (Lipinski definition) is 2. The maximum Gasteiger partial charge on any atom is 0.341 e. The number of hydrogen-bond acceptors (Lipinski definition) is 3. The summed E-state index contributed by atoms with van der Waals surface area (Å²) < 4.78 is 0. The Balaban J connectivity index is 1.88. The van der Waals surface area contributed by atoms with Crippen LogP contribution in [0.25, 0.3) is 0 Å². The van der Waals surface area contributed by atoms with E-state index < -0.39 is 5.69 Å². The van der Waals surface area contributed by atoms with Crippen molar-refractivity contribution < 1.29 is 4.79 Å². The summed E-state index contributed by atoms with van der Waals surface area (Å²) in [5.41, 5.74) is 1.99. The molecule has 1 heterocycles. The molecule has 0 radical (unpaired) electrons. The Bertz CT molecular complexity index is 673. The zero-order valence-corrected chi connectivity index (χ0v) is 10.5. The van der Waals surface area contributed by atoms with Gasteiger partial charge in [0.1, 0.15) is 0 Å². The van der Waals surface area contributed by atoms with Gasteiger partial charge in [0.2, 0.25) is 5.82 Å². The third-order valence-corrected chi connectivity index (χ3v) is 3.59. The van der Waals surface area contributed by atoms with Crippen LogP contribution in [0.5, 0.6) is 0 Å². The van der Waals surface area contributed by atoms with Crippen LogP contribution >= 0.6 is 0 Å². The highest BCUT2D eigenvalue weighted by Gasteiger charge is 2.29. The summed E-state index contributed by atoms with van der Waals surface area (Å²) in [4.78, 5) is 27.2. The minimum absolute atomic E-state index is 0.0453. The zero-order chi connectivity index (χ0) is 13.4. The van der Waals surface area contributed by atoms with Crippen LogP contribution < -0.4 is 5.69 Å². The van der Waals surface area contributed by atoms with E-state index in [0.717, 1.165) is 12.8 Å². The second kappa shape index (κ2) is 4.38. The first kappa shape index (κ1) is 11.7. The lowest BCUT2D eigenvalue weighted by atomic mass is 10.1. The predicted molar refractivity (Wildman–Crippen MR) is 68.8 cm³/mol. The van der Waals surface area contributed by atoms with Crippen molar-refractivity contribution in [2.24, 2.45) is 0 Å². The van der Waals surface area contributed by atoms with Crippen LogP contribution in [0.15, 0.2) is 29.1 Å². The van der Waals surface area contributed by atoms with E-state index in [1.54, 1.807) is 11.9 Å². The van der Waals surface area contributed by atoms with Gasteiger partial charge in [0.25, 0.3) is 5.91 Å². The van der Waals surface area contributed by atoms with Crippen molar-refractivity contribution in [3.8, 4) is 0 Å². The number of nitrogens with one attached hydrogen (secondary N) is 2. The molecule has 1 atom stereocenters. The number of aromatic nitrogens is 3. The molecule has 2 N–H and O–H groups in total. The lowest BCUT2D eigenvalue weighted by molar-refractivity contribution is 0.0718.